The van der Waals surface area contributed by atoms with E-state index in [1.807, 2.05) is 35.9 Å². The Morgan fingerprint density at radius 3 is 2.71 bits per heavy atom. The van der Waals surface area contributed by atoms with Crippen molar-refractivity contribution in [2.75, 3.05) is 0 Å². The number of hydrogen-bond acceptors (Lipinski definition) is 5. The van der Waals surface area contributed by atoms with E-state index in [-0.39, 0.29) is 17.9 Å². The lowest BCUT2D eigenvalue weighted by molar-refractivity contribution is 0.0914. The molecule has 0 aliphatic carbocycles. The maximum absolute atomic E-state index is 12.4. The van der Waals surface area contributed by atoms with Gasteiger partial charge in [0.2, 0.25) is 0 Å². The standard InChI is InChI=1S/C17H20N6O/c1-11(2)15(20-17(24)14-9-18-12(3)8-19-14)10-23-16-7-5-4-6-13(16)21-22-23/h4-9,11,15H,10H2,1-3H3,(H,20,24)/t15-/m1/s1. The van der Waals surface area contributed by atoms with Crippen LogP contribution in [0.4, 0.5) is 0 Å². The molecule has 2 heterocycles. The van der Waals surface area contributed by atoms with E-state index in [9.17, 15) is 4.79 Å². The van der Waals surface area contributed by atoms with Gasteiger partial charge in [-0.2, -0.15) is 0 Å². The molecule has 0 saturated heterocycles. The molecule has 0 aliphatic heterocycles. The highest BCUT2D eigenvalue weighted by atomic mass is 16.2. The third kappa shape index (κ3) is 3.40. The first-order valence-corrected chi connectivity index (χ1v) is 7.92. The van der Waals surface area contributed by atoms with E-state index in [4.69, 9.17) is 0 Å². The average molecular weight is 324 g/mol. The number of amides is 1. The zero-order valence-electron chi connectivity index (χ0n) is 14.0. The Balaban J connectivity index is 1.77. The summed E-state index contributed by atoms with van der Waals surface area (Å²) in [6, 6.07) is 7.68. The van der Waals surface area contributed by atoms with Crippen molar-refractivity contribution in [2.45, 2.75) is 33.4 Å². The average Bonchev–Trinajstić information content (AvgIpc) is 2.98. The zero-order chi connectivity index (χ0) is 17.1. The third-order valence-corrected chi connectivity index (χ3v) is 3.92. The molecule has 124 valence electrons. The number of rotatable bonds is 5. The number of para-hydroxylation sites is 1. The predicted octanol–water partition coefficient (Wildman–Crippen LogP) is 1.98. The molecule has 0 bridgehead atoms. The summed E-state index contributed by atoms with van der Waals surface area (Å²) in [6.07, 6.45) is 3.08. The van der Waals surface area contributed by atoms with Gasteiger partial charge in [-0.3, -0.25) is 9.78 Å². The summed E-state index contributed by atoms with van der Waals surface area (Å²) in [4.78, 5) is 20.7. The van der Waals surface area contributed by atoms with E-state index >= 15 is 0 Å². The van der Waals surface area contributed by atoms with Crippen molar-refractivity contribution in [1.82, 2.24) is 30.3 Å². The number of benzene rings is 1. The Labute approximate surface area is 140 Å². The minimum atomic E-state index is -0.231. The summed E-state index contributed by atoms with van der Waals surface area (Å²) in [5, 5.41) is 11.4. The molecule has 1 aromatic carbocycles. The van der Waals surface area contributed by atoms with Crippen LogP contribution in [0.5, 0.6) is 0 Å². The van der Waals surface area contributed by atoms with Gasteiger partial charge in [0.25, 0.3) is 5.91 Å². The second kappa shape index (κ2) is 6.74. The van der Waals surface area contributed by atoms with E-state index in [1.165, 1.54) is 6.20 Å². The van der Waals surface area contributed by atoms with Crippen molar-refractivity contribution in [1.29, 1.82) is 0 Å². The molecular weight excluding hydrogens is 304 g/mol. The summed E-state index contributed by atoms with van der Waals surface area (Å²) >= 11 is 0. The van der Waals surface area contributed by atoms with Crippen LogP contribution in [0.25, 0.3) is 11.0 Å². The highest BCUT2D eigenvalue weighted by Crippen LogP contribution is 2.13. The van der Waals surface area contributed by atoms with Gasteiger partial charge < -0.3 is 5.32 Å². The van der Waals surface area contributed by atoms with E-state index < -0.39 is 0 Å². The van der Waals surface area contributed by atoms with Crippen molar-refractivity contribution in [3.05, 3.63) is 48.0 Å². The van der Waals surface area contributed by atoms with Gasteiger partial charge in [0, 0.05) is 6.20 Å². The number of aryl methyl sites for hydroxylation is 1. The van der Waals surface area contributed by atoms with E-state index in [1.54, 1.807) is 6.20 Å². The topological polar surface area (TPSA) is 85.6 Å². The minimum Gasteiger partial charge on any atom is -0.346 e. The molecule has 0 spiro atoms. The predicted molar refractivity (Wildman–Crippen MR) is 90.4 cm³/mol. The molecule has 0 radical (unpaired) electrons. The Hall–Kier alpha value is -2.83. The fourth-order valence-corrected chi connectivity index (χ4v) is 2.41. The molecule has 0 saturated carbocycles. The molecule has 3 rings (SSSR count). The van der Waals surface area contributed by atoms with Gasteiger partial charge in [0.05, 0.1) is 30.0 Å². The molecule has 7 nitrogen and oxygen atoms in total. The van der Waals surface area contributed by atoms with Crippen LogP contribution < -0.4 is 5.32 Å². The number of fused-ring (bicyclic) bond motifs is 1. The molecule has 3 aromatic rings. The van der Waals surface area contributed by atoms with Gasteiger partial charge in [-0.1, -0.05) is 31.2 Å². The summed E-state index contributed by atoms with van der Waals surface area (Å²) in [7, 11) is 0. The Morgan fingerprint density at radius 1 is 1.21 bits per heavy atom. The van der Waals surface area contributed by atoms with Crippen LogP contribution in [0.3, 0.4) is 0 Å². The van der Waals surface area contributed by atoms with Gasteiger partial charge in [-0.05, 0) is 25.0 Å². The highest BCUT2D eigenvalue weighted by molar-refractivity contribution is 5.92. The first kappa shape index (κ1) is 16.0. The number of carbonyl (C=O) groups excluding carboxylic acids is 1. The smallest absolute Gasteiger partial charge is 0.271 e. The van der Waals surface area contributed by atoms with E-state index in [0.717, 1.165) is 16.7 Å². The number of carbonyl (C=O) groups is 1. The van der Waals surface area contributed by atoms with Crippen LogP contribution in [0.1, 0.15) is 30.0 Å². The first-order chi connectivity index (χ1) is 11.5. The molecule has 24 heavy (non-hydrogen) atoms. The summed E-state index contributed by atoms with van der Waals surface area (Å²) < 4.78 is 1.82. The van der Waals surface area contributed by atoms with Crippen LogP contribution in [-0.4, -0.2) is 36.9 Å². The maximum atomic E-state index is 12.4. The second-order valence-corrected chi connectivity index (χ2v) is 6.13. The summed E-state index contributed by atoms with van der Waals surface area (Å²) in [6.45, 7) is 6.50. The second-order valence-electron chi connectivity index (χ2n) is 6.13. The number of nitrogens with one attached hydrogen (secondary N) is 1. The molecular formula is C17H20N6O. The van der Waals surface area contributed by atoms with Crippen LogP contribution in [0, 0.1) is 12.8 Å². The number of nitrogens with zero attached hydrogens (tertiary/aromatic N) is 5. The first-order valence-electron chi connectivity index (χ1n) is 7.92. The molecule has 0 fully saturated rings. The van der Waals surface area contributed by atoms with Crippen molar-refractivity contribution in [3.63, 3.8) is 0 Å². The van der Waals surface area contributed by atoms with Crippen LogP contribution in [0.2, 0.25) is 0 Å². The van der Waals surface area contributed by atoms with Gasteiger partial charge in [0.1, 0.15) is 11.2 Å². The lowest BCUT2D eigenvalue weighted by Gasteiger charge is -2.22. The molecule has 7 heteroatoms. The summed E-state index contributed by atoms with van der Waals surface area (Å²) in [5.41, 5.74) is 2.89. The van der Waals surface area contributed by atoms with Crippen LogP contribution in [-0.2, 0) is 6.54 Å². The Bertz CT molecular complexity index is 840. The Kier molecular flexibility index (Phi) is 4.50. The monoisotopic (exact) mass is 324 g/mol. The van der Waals surface area contributed by atoms with Crippen molar-refractivity contribution >= 4 is 16.9 Å². The fourth-order valence-electron chi connectivity index (χ4n) is 2.41. The molecule has 1 amide bonds. The largest absolute Gasteiger partial charge is 0.346 e. The quantitative estimate of drug-likeness (QED) is 0.775. The molecule has 0 unspecified atom stereocenters. The number of aromatic nitrogens is 5. The van der Waals surface area contributed by atoms with Crippen molar-refractivity contribution < 1.29 is 4.79 Å². The third-order valence-electron chi connectivity index (χ3n) is 3.92. The van der Waals surface area contributed by atoms with Crippen molar-refractivity contribution in [2.24, 2.45) is 5.92 Å². The molecule has 2 aromatic heterocycles. The maximum Gasteiger partial charge on any atom is 0.271 e. The lowest BCUT2D eigenvalue weighted by atomic mass is 10.0. The van der Waals surface area contributed by atoms with E-state index in [0.29, 0.717) is 12.2 Å². The van der Waals surface area contributed by atoms with Gasteiger partial charge in [-0.15, -0.1) is 5.10 Å². The molecule has 1 atom stereocenters. The lowest BCUT2D eigenvalue weighted by Crippen LogP contribution is -2.42. The highest BCUT2D eigenvalue weighted by Gasteiger charge is 2.20. The number of hydrogen-bond donors (Lipinski definition) is 1. The van der Waals surface area contributed by atoms with Crippen LogP contribution >= 0.6 is 0 Å². The molecule has 0 aliphatic rings. The van der Waals surface area contributed by atoms with Crippen molar-refractivity contribution in [3.8, 4) is 0 Å². The Morgan fingerprint density at radius 2 is 2.00 bits per heavy atom. The zero-order valence-corrected chi connectivity index (χ0v) is 14.0. The summed E-state index contributed by atoms with van der Waals surface area (Å²) in [5.74, 6) is 0.000871. The van der Waals surface area contributed by atoms with Gasteiger partial charge in [-0.25, -0.2) is 9.67 Å². The van der Waals surface area contributed by atoms with Gasteiger partial charge in [0.15, 0.2) is 0 Å². The van der Waals surface area contributed by atoms with Crippen LogP contribution in [0.15, 0.2) is 36.7 Å². The van der Waals surface area contributed by atoms with E-state index in [2.05, 4.69) is 39.4 Å². The SMILES string of the molecule is Cc1cnc(C(=O)N[C@H](Cn2nnc3ccccc32)C(C)C)cn1. The fraction of sp³-hybridized carbons (Fsp3) is 0.353. The van der Waals surface area contributed by atoms with Gasteiger partial charge >= 0.3 is 0 Å². The molecule has 1 N–H and O–H groups in total. The normalized spacial score (nSPS) is 12.5. The minimum absolute atomic E-state index is 0.0919.